The minimum Gasteiger partial charge on any atom is -0.279 e. The van der Waals surface area contributed by atoms with E-state index in [9.17, 15) is 0 Å². The molecule has 0 saturated heterocycles. The van der Waals surface area contributed by atoms with Crippen LogP contribution in [0.3, 0.4) is 0 Å². The molecule has 1 unspecified atom stereocenters. The molecule has 2 rings (SSSR count). The molecule has 2 aromatic rings. The molecule has 1 atom stereocenters. The summed E-state index contributed by atoms with van der Waals surface area (Å²) in [7, 11) is 1.63. The van der Waals surface area contributed by atoms with E-state index >= 15 is 0 Å². The van der Waals surface area contributed by atoms with Crippen molar-refractivity contribution in [2.75, 3.05) is 12.6 Å². The smallest absolute Gasteiger partial charge is 0.0636 e. The zero-order chi connectivity index (χ0) is 19.6. The average molecular weight is 365 g/mol. The lowest BCUT2D eigenvalue weighted by Crippen LogP contribution is -2.08. The summed E-state index contributed by atoms with van der Waals surface area (Å²) in [6, 6.07) is 14.9. The van der Waals surface area contributed by atoms with Crippen molar-refractivity contribution in [3.63, 3.8) is 0 Å². The van der Waals surface area contributed by atoms with Crippen LogP contribution in [-0.4, -0.2) is 13.3 Å². The predicted octanol–water partition coefficient (Wildman–Crippen LogP) is 6.57. The van der Waals surface area contributed by atoms with Crippen LogP contribution in [0.15, 0.2) is 59.2 Å². The Hall–Kier alpha value is -2.39. The summed E-state index contributed by atoms with van der Waals surface area (Å²) >= 11 is 0. The van der Waals surface area contributed by atoms with Crippen LogP contribution >= 0.6 is 0 Å². The minimum absolute atomic E-state index is 0.0940. The second-order valence-corrected chi connectivity index (χ2v) is 6.81. The van der Waals surface area contributed by atoms with Crippen LogP contribution in [0, 0.1) is 13.8 Å². The van der Waals surface area contributed by atoms with Crippen molar-refractivity contribution in [1.29, 1.82) is 0 Å². The molecule has 0 aliphatic carbocycles. The molecule has 2 aromatic carbocycles. The first-order valence-electron chi connectivity index (χ1n) is 9.76. The fraction of sp³-hybridized carbons (Fsp3) is 0.375. The first-order chi connectivity index (χ1) is 13.1. The zero-order valence-electron chi connectivity index (χ0n) is 17.3. The second kappa shape index (κ2) is 10.7. The topological polar surface area (TPSA) is 33.6 Å². The normalized spacial score (nSPS) is 13.1. The highest BCUT2D eigenvalue weighted by Crippen LogP contribution is 2.36. The van der Waals surface area contributed by atoms with Gasteiger partial charge in [0.05, 0.1) is 18.7 Å². The van der Waals surface area contributed by atoms with Gasteiger partial charge in [0.2, 0.25) is 0 Å². The molecule has 0 amide bonds. The van der Waals surface area contributed by atoms with E-state index in [0.29, 0.717) is 0 Å². The van der Waals surface area contributed by atoms with Gasteiger partial charge in [0.15, 0.2) is 0 Å². The van der Waals surface area contributed by atoms with E-state index in [1.54, 1.807) is 7.11 Å². The number of rotatable bonds is 9. The molecule has 0 radical (unpaired) electrons. The van der Waals surface area contributed by atoms with Crippen molar-refractivity contribution in [2.24, 2.45) is 4.99 Å². The number of hydrogen-bond donors (Lipinski definition) is 1. The van der Waals surface area contributed by atoms with Crippen LogP contribution in [0.1, 0.15) is 61.3 Å². The predicted molar refractivity (Wildman–Crippen MR) is 117 cm³/mol. The molecule has 0 aliphatic rings. The van der Waals surface area contributed by atoms with Crippen molar-refractivity contribution >= 4 is 11.9 Å². The Bertz CT molecular complexity index is 793. The molecule has 0 aliphatic heterocycles. The minimum atomic E-state index is 0.0940. The molecule has 3 heteroatoms. The van der Waals surface area contributed by atoms with Gasteiger partial charge in [0.25, 0.3) is 0 Å². The van der Waals surface area contributed by atoms with E-state index in [4.69, 9.17) is 9.83 Å². The Morgan fingerprint density at radius 1 is 1.19 bits per heavy atom. The van der Waals surface area contributed by atoms with Gasteiger partial charge in [-0.25, -0.2) is 0 Å². The van der Waals surface area contributed by atoms with Crippen molar-refractivity contribution in [3.8, 4) is 0 Å². The molecule has 0 aromatic heterocycles. The lowest BCUT2D eigenvalue weighted by molar-refractivity contribution is 0.271. The van der Waals surface area contributed by atoms with Gasteiger partial charge < -0.3 is 0 Å². The van der Waals surface area contributed by atoms with Crippen LogP contribution < -0.4 is 5.48 Å². The molecule has 0 spiro atoms. The summed E-state index contributed by atoms with van der Waals surface area (Å²) in [6.45, 7) is 8.58. The van der Waals surface area contributed by atoms with Gasteiger partial charge in [0, 0.05) is 11.9 Å². The fourth-order valence-electron chi connectivity index (χ4n) is 3.34. The maximum absolute atomic E-state index is 5.10. The lowest BCUT2D eigenvalue weighted by atomic mass is 9.84. The molecular weight excluding hydrogens is 332 g/mol. The van der Waals surface area contributed by atoms with Crippen molar-refractivity contribution in [1.82, 2.24) is 0 Å². The molecule has 27 heavy (non-hydrogen) atoms. The number of aliphatic imine (C=N–C) groups is 1. The summed E-state index contributed by atoms with van der Waals surface area (Å²) in [5.41, 5.74) is 10.1. The van der Waals surface area contributed by atoms with Gasteiger partial charge in [-0.1, -0.05) is 56.2 Å². The average Bonchev–Trinajstić information content (AvgIpc) is 2.66. The highest BCUT2D eigenvalue weighted by molar-refractivity contribution is 5.58. The molecule has 0 fully saturated rings. The summed E-state index contributed by atoms with van der Waals surface area (Å²) < 4.78 is 0. The van der Waals surface area contributed by atoms with Gasteiger partial charge in [0.1, 0.15) is 0 Å². The molecule has 144 valence electrons. The number of benzene rings is 2. The number of nitrogens with one attached hydrogen (secondary N) is 1. The molecule has 0 heterocycles. The van der Waals surface area contributed by atoms with E-state index in [-0.39, 0.29) is 5.92 Å². The van der Waals surface area contributed by atoms with E-state index < -0.39 is 0 Å². The SMILES string of the molecule is CC=N/C(=C\CCCC)C(c1cccc(NOC)c1)c1cccc(C)c1C. The lowest BCUT2D eigenvalue weighted by Gasteiger charge is -2.23. The number of unbranched alkanes of at least 4 members (excludes halogenated alkanes) is 2. The summed E-state index contributed by atoms with van der Waals surface area (Å²) in [4.78, 5) is 9.88. The Balaban J connectivity index is 2.62. The summed E-state index contributed by atoms with van der Waals surface area (Å²) in [5.74, 6) is 0.0940. The first-order valence-corrected chi connectivity index (χ1v) is 9.76. The van der Waals surface area contributed by atoms with Gasteiger partial charge in [-0.2, -0.15) is 0 Å². The maximum Gasteiger partial charge on any atom is 0.0636 e. The third kappa shape index (κ3) is 5.54. The number of allylic oxidation sites excluding steroid dienone is 2. The largest absolute Gasteiger partial charge is 0.279 e. The Morgan fingerprint density at radius 3 is 2.67 bits per heavy atom. The van der Waals surface area contributed by atoms with Gasteiger partial charge >= 0.3 is 0 Å². The number of hydrogen-bond acceptors (Lipinski definition) is 3. The molecular formula is C24H32N2O. The van der Waals surface area contributed by atoms with Gasteiger partial charge in [-0.15, -0.1) is 0 Å². The highest BCUT2D eigenvalue weighted by atomic mass is 16.6. The fourth-order valence-corrected chi connectivity index (χ4v) is 3.34. The number of nitrogens with zero attached hydrogens (tertiary/aromatic N) is 1. The van der Waals surface area contributed by atoms with Crippen LogP contribution in [0.5, 0.6) is 0 Å². The zero-order valence-corrected chi connectivity index (χ0v) is 17.3. The number of anilines is 1. The Kier molecular flexibility index (Phi) is 8.28. The summed E-state index contributed by atoms with van der Waals surface area (Å²) in [6.07, 6.45) is 7.59. The molecule has 1 N–H and O–H groups in total. The van der Waals surface area contributed by atoms with Crippen LogP contribution in [0.2, 0.25) is 0 Å². The van der Waals surface area contributed by atoms with Crippen molar-refractivity contribution < 1.29 is 4.84 Å². The van der Waals surface area contributed by atoms with E-state index in [1.807, 2.05) is 19.2 Å². The van der Waals surface area contributed by atoms with Crippen LogP contribution in [-0.2, 0) is 4.84 Å². The third-order valence-electron chi connectivity index (χ3n) is 4.88. The van der Waals surface area contributed by atoms with E-state index in [1.165, 1.54) is 35.1 Å². The van der Waals surface area contributed by atoms with Crippen LogP contribution in [0.4, 0.5) is 5.69 Å². The molecule has 0 bridgehead atoms. The Labute approximate surface area is 164 Å². The standard InChI is InChI=1S/C24H32N2O/c1-6-8-9-16-23(25-7-2)24(22-15-10-12-18(3)19(22)4)20-13-11-14-21(17-20)26-27-5/h7,10-17,24,26H,6,8-9H2,1-5H3/b23-16-,25-7?. The van der Waals surface area contributed by atoms with Crippen molar-refractivity contribution in [3.05, 3.63) is 76.5 Å². The highest BCUT2D eigenvalue weighted by Gasteiger charge is 2.21. The third-order valence-corrected chi connectivity index (χ3v) is 4.88. The van der Waals surface area contributed by atoms with Crippen LogP contribution in [0.25, 0.3) is 0 Å². The Morgan fingerprint density at radius 2 is 1.96 bits per heavy atom. The second-order valence-electron chi connectivity index (χ2n) is 6.81. The number of aryl methyl sites for hydroxylation is 1. The van der Waals surface area contributed by atoms with E-state index in [0.717, 1.165) is 17.8 Å². The monoisotopic (exact) mass is 364 g/mol. The molecule has 0 saturated carbocycles. The first kappa shape index (κ1) is 20.9. The molecule has 3 nitrogen and oxygen atoms in total. The van der Waals surface area contributed by atoms with Gasteiger partial charge in [-0.3, -0.25) is 15.3 Å². The van der Waals surface area contributed by atoms with Crippen molar-refractivity contribution in [2.45, 2.75) is 52.9 Å². The summed E-state index contributed by atoms with van der Waals surface area (Å²) in [5, 5.41) is 0. The maximum atomic E-state index is 5.10. The quantitative estimate of drug-likeness (QED) is 0.310. The van der Waals surface area contributed by atoms with Gasteiger partial charge in [-0.05, 0) is 61.6 Å². The van der Waals surface area contributed by atoms with E-state index in [2.05, 4.69) is 68.7 Å².